The number of ether oxygens (including phenoxy) is 1. The van der Waals surface area contributed by atoms with Gasteiger partial charge in [-0.25, -0.2) is 4.79 Å². The Morgan fingerprint density at radius 2 is 2.06 bits per heavy atom. The first-order valence-electron chi connectivity index (χ1n) is 4.66. The third-order valence-electron chi connectivity index (χ3n) is 2.49. The molecule has 2 heterocycles. The molecule has 0 aromatic carbocycles. The molecule has 2 aliphatic heterocycles. The summed E-state index contributed by atoms with van der Waals surface area (Å²) in [4.78, 5) is 24.4. The first-order chi connectivity index (χ1) is 7.40. The number of fused-ring (bicyclic) bond motifs is 1. The summed E-state index contributed by atoms with van der Waals surface area (Å²) in [6.45, 7) is -1.16. The fourth-order valence-corrected chi connectivity index (χ4v) is 1.79. The summed E-state index contributed by atoms with van der Waals surface area (Å²) < 4.78 is 41.4. The van der Waals surface area contributed by atoms with Crippen molar-refractivity contribution in [1.29, 1.82) is 0 Å². The molecule has 1 atom stereocenters. The largest absolute Gasteiger partial charge is 0.406 e. The molecule has 2 aliphatic rings. The second kappa shape index (κ2) is 3.62. The predicted octanol–water partition coefficient (Wildman–Crippen LogP) is 0.212. The van der Waals surface area contributed by atoms with Crippen LogP contribution < -0.4 is 0 Å². The molecular weight excluding hydrogens is 229 g/mol. The van der Waals surface area contributed by atoms with E-state index in [1.54, 1.807) is 0 Å². The smallest absolute Gasteiger partial charge is 0.377 e. The van der Waals surface area contributed by atoms with Gasteiger partial charge in [-0.15, -0.1) is 0 Å². The number of urea groups is 1. The van der Waals surface area contributed by atoms with Gasteiger partial charge in [0.05, 0.1) is 13.2 Å². The van der Waals surface area contributed by atoms with Crippen LogP contribution in [-0.4, -0.2) is 60.3 Å². The highest BCUT2D eigenvalue weighted by atomic mass is 19.4. The first kappa shape index (κ1) is 11.2. The number of carbonyl (C=O) groups is 2. The van der Waals surface area contributed by atoms with Gasteiger partial charge in [0.25, 0.3) is 5.91 Å². The molecular formula is C8H9F3N2O3. The van der Waals surface area contributed by atoms with E-state index in [0.717, 1.165) is 4.90 Å². The van der Waals surface area contributed by atoms with Crippen LogP contribution in [0.3, 0.4) is 0 Å². The molecule has 0 N–H and O–H groups in total. The Hall–Kier alpha value is -1.31. The zero-order valence-electron chi connectivity index (χ0n) is 8.16. The molecule has 0 aromatic rings. The van der Waals surface area contributed by atoms with Crippen LogP contribution in [0.4, 0.5) is 18.0 Å². The third kappa shape index (κ3) is 1.84. The van der Waals surface area contributed by atoms with Crippen LogP contribution in [0.15, 0.2) is 0 Å². The topological polar surface area (TPSA) is 49.9 Å². The zero-order valence-corrected chi connectivity index (χ0v) is 8.16. The predicted molar refractivity (Wildman–Crippen MR) is 44.5 cm³/mol. The number of carbonyl (C=O) groups excluding carboxylic acids is 2. The number of nitrogens with zero attached hydrogens (tertiary/aromatic N) is 2. The van der Waals surface area contributed by atoms with E-state index < -0.39 is 30.7 Å². The van der Waals surface area contributed by atoms with Gasteiger partial charge in [0, 0.05) is 6.54 Å². The summed E-state index contributed by atoms with van der Waals surface area (Å²) in [5.41, 5.74) is 0. The van der Waals surface area contributed by atoms with Crippen molar-refractivity contribution < 1.29 is 27.5 Å². The number of hydrogen-bond acceptors (Lipinski definition) is 3. The van der Waals surface area contributed by atoms with Crippen molar-refractivity contribution in [2.24, 2.45) is 0 Å². The first-order valence-corrected chi connectivity index (χ1v) is 4.66. The molecule has 8 heteroatoms. The molecule has 2 rings (SSSR count). The maximum absolute atomic E-state index is 12.1. The number of imide groups is 1. The Morgan fingerprint density at radius 3 is 2.62 bits per heavy atom. The Balaban J connectivity index is 2.15. The van der Waals surface area contributed by atoms with E-state index in [-0.39, 0.29) is 24.7 Å². The normalized spacial score (nSPS) is 26.3. The van der Waals surface area contributed by atoms with Gasteiger partial charge in [-0.1, -0.05) is 0 Å². The minimum Gasteiger partial charge on any atom is -0.377 e. The lowest BCUT2D eigenvalue weighted by Crippen LogP contribution is -2.45. The molecule has 16 heavy (non-hydrogen) atoms. The van der Waals surface area contributed by atoms with Gasteiger partial charge in [0.2, 0.25) is 0 Å². The highest BCUT2D eigenvalue weighted by Gasteiger charge is 2.49. The fourth-order valence-electron chi connectivity index (χ4n) is 1.79. The van der Waals surface area contributed by atoms with E-state index in [1.165, 1.54) is 0 Å². The lowest BCUT2D eigenvalue weighted by Gasteiger charge is -2.26. The summed E-state index contributed by atoms with van der Waals surface area (Å²) in [6, 6.07) is -1.76. The van der Waals surface area contributed by atoms with Gasteiger partial charge in [-0.3, -0.25) is 9.69 Å². The van der Waals surface area contributed by atoms with Gasteiger partial charge >= 0.3 is 12.2 Å². The van der Waals surface area contributed by atoms with Crippen LogP contribution in [0, 0.1) is 0 Å². The maximum atomic E-state index is 12.1. The molecule has 2 fully saturated rings. The Labute approximate surface area is 88.7 Å². The Bertz CT molecular complexity index is 307. The zero-order chi connectivity index (χ0) is 11.9. The van der Waals surface area contributed by atoms with E-state index in [4.69, 9.17) is 4.74 Å². The van der Waals surface area contributed by atoms with Crippen LogP contribution in [0.2, 0.25) is 0 Å². The SMILES string of the molecule is O=C1C2COCCN2C(=O)N1CC(F)(F)F. The van der Waals surface area contributed by atoms with Crippen molar-refractivity contribution in [3.8, 4) is 0 Å². The molecule has 0 radical (unpaired) electrons. The highest BCUT2D eigenvalue weighted by molar-refractivity contribution is 6.04. The molecule has 0 aromatic heterocycles. The number of hydrogen-bond donors (Lipinski definition) is 0. The summed E-state index contributed by atoms with van der Waals surface area (Å²) in [6.07, 6.45) is -4.57. The van der Waals surface area contributed by atoms with Crippen molar-refractivity contribution >= 4 is 11.9 Å². The second-order valence-electron chi connectivity index (χ2n) is 3.61. The molecule has 0 saturated carbocycles. The summed E-state index contributed by atoms with van der Waals surface area (Å²) in [5.74, 6) is -0.831. The van der Waals surface area contributed by atoms with Crippen molar-refractivity contribution in [2.45, 2.75) is 12.2 Å². The van der Waals surface area contributed by atoms with E-state index in [9.17, 15) is 22.8 Å². The standard InChI is InChI=1S/C8H9F3N2O3/c9-8(10,11)4-13-6(14)5-3-16-2-1-12(5)7(13)15/h5H,1-4H2. The van der Waals surface area contributed by atoms with Gasteiger partial charge in [-0.05, 0) is 0 Å². The van der Waals surface area contributed by atoms with Crippen LogP contribution in [0.5, 0.6) is 0 Å². The van der Waals surface area contributed by atoms with E-state index in [1.807, 2.05) is 0 Å². The average Bonchev–Trinajstić information content (AvgIpc) is 2.43. The molecule has 0 bridgehead atoms. The van der Waals surface area contributed by atoms with Crippen LogP contribution in [0.1, 0.15) is 0 Å². The molecule has 5 nitrogen and oxygen atoms in total. The average molecular weight is 238 g/mol. The summed E-state index contributed by atoms with van der Waals surface area (Å²) >= 11 is 0. The molecule has 0 spiro atoms. The second-order valence-corrected chi connectivity index (χ2v) is 3.61. The molecule has 90 valence electrons. The minimum absolute atomic E-state index is 0.0288. The maximum Gasteiger partial charge on any atom is 0.406 e. The molecule has 0 aliphatic carbocycles. The van der Waals surface area contributed by atoms with Crippen LogP contribution in [0.25, 0.3) is 0 Å². The number of morpholine rings is 1. The number of alkyl halides is 3. The third-order valence-corrected chi connectivity index (χ3v) is 2.49. The van der Waals surface area contributed by atoms with Crippen molar-refractivity contribution in [2.75, 3.05) is 26.3 Å². The molecule has 1 unspecified atom stereocenters. The van der Waals surface area contributed by atoms with Crippen molar-refractivity contribution in [3.05, 3.63) is 0 Å². The van der Waals surface area contributed by atoms with Gasteiger partial charge in [0.1, 0.15) is 12.6 Å². The monoisotopic (exact) mass is 238 g/mol. The van der Waals surface area contributed by atoms with Gasteiger partial charge < -0.3 is 9.64 Å². The van der Waals surface area contributed by atoms with Crippen molar-refractivity contribution in [1.82, 2.24) is 9.80 Å². The Morgan fingerprint density at radius 1 is 1.38 bits per heavy atom. The number of rotatable bonds is 1. The van der Waals surface area contributed by atoms with E-state index in [2.05, 4.69) is 0 Å². The number of halogens is 3. The van der Waals surface area contributed by atoms with Gasteiger partial charge in [-0.2, -0.15) is 13.2 Å². The van der Waals surface area contributed by atoms with Crippen molar-refractivity contribution in [3.63, 3.8) is 0 Å². The quantitative estimate of drug-likeness (QED) is 0.614. The number of amides is 3. The summed E-state index contributed by atoms with van der Waals surface area (Å²) in [7, 11) is 0. The Kier molecular flexibility index (Phi) is 2.53. The van der Waals surface area contributed by atoms with E-state index >= 15 is 0 Å². The van der Waals surface area contributed by atoms with Crippen LogP contribution >= 0.6 is 0 Å². The fraction of sp³-hybridized carbons (Fsp3) is 0.750. The highest BCUT2D eigenvalue weighted by Crippen LogP contribution is 2.25. The molecule has 2 saturated heterocycles. The van der Waals surface area contributed by atoms with E-state index in [0.29, 0.717) is 0 Å². The lowest BCUT2D eigenvalue weighted by molar-refractivity contribution is -0.154. The summed E-state index contributed by atoms with van der Waals surface area (Å²) in [5, 5.41) is 0. The minimum atomic E-state index is -4.57. The van der Waals surface area contributed by atoms with Gasteiger partial charge in [0.15, 0.2) is 0 Å². The lowest BCUT2D eigenvalue weighted by atomic mass is 10.2. The van der Waals surface area contributed by atoms with Crippen LogP contribution in [-0.2, 0) is 9.53 Å². The molecule has 3 amide bonds.